The van der Waals surface area contributed by atoms with E-state index in [0.717, 1.165) is 13.0 Å². The van der Waals surface area contributed by atoms with Crippen molar-refractivity contribution in [3.63, 3.8) is 0 Å². The van der Waals surface area contributed by atoms with Crippen LogP contribution in [0, 0.1) is 5.41 Å². The van der Waals surface area contributed by atoms with Crippen molar-refractivity contribution in [2.45, 2.75) is 66.0 Å². The Morgan fingerprint density at radius 2 is 1.67 bits per heavy atom. The maximum Gasteiger partial charge on any atom is 0.0637 e. The molecule has 1 atom stereocenters. The first kappa shape index (κ1) is 14.9. The van der Waals surface area contributed by atoms with E-state index in [9.17, 15) is 0 Å². The number of hydrogen-bond acceptors (Lipinski definition) is 2. The van der Waals surface area contributed by atoms with Gasteiger partial charge in [0.15, 0.2) is 0 Å². The molecule has 0 saturated carbocycles. The van der Waals surface area contributed by atoms with Crippen molar-refractivity contribution < 1.29 is 4.74 Å². The lowest BCUT2D eigenvalue weighted by molar-refractivity contribution is -0.00409. The fraction of sp³-hybridized carbons (Fsp3) is 1.00. The highest BCUT2D eigenvalue weighted by Gasteiger charge is 2.30. The Kier molecular flexibility index (Phi) is 5.82. The zero-order chi connectivity index (χ0) is 12.1. The van der Waals surface area contributed by atoms with E-state index in [-0.39, 0.29) is 11.0 Å². The fourth-order valence-electron chi connectivity index (χ4n) is 1.58. The van der Waals surface area contributed by atoms with Crippen LogP contribution in [0.4, 0.5) is 0 Å². The molecular weight excluding hydrogens is 186 g/mol. The second-order valence-corrected chi connectivity index (χ2v) is 6.04. The normalized spacial score (nSPS) is 15.4. The standard InChI is InChI=1S/C13H29NO/c1-8-9-14-11(12(2,3)4)10-13(5,6)15-7/h11,14H,8-10H2,1-7H3. The van der Waals surface area contributed by atoms with E-state index >= 15 is 0 Å². The SMILES string of the molecule is CCCNC(CC(C)(C)OC)C(C)(C)C. The molecule has 92 valence electrons. The molecule has 0 bridgehead atoms. The summed E-state index contributed by atoms with van der Waals surface area (Å²) in [5, 5.41) is 3.62. The van der Waals surface area contributed by atoms with Gasteiger partial charge < -0.3 is 10.1 Å². The van der Waals surface area contributed by atoms with Gasteiger partial charge in [0.2, 0.25) is 0 Å². The highest BCUT2D eigenvalue weighted by molar-refractivity contribution is 4.86. The van der Waals surface area contributed by atoms with Crippen LogP contribution in [0.3, 0.4) is 0 Å². The van der Waals surface area contributed by atoms with Crippen LogP contribution in [0.25, 0.3) is 0 Å². The van der Waals surface area contributed by atoms with Crippen LogP contribution < -0.4 is 5.32 Å². The second kappa shape index (κ2) is 5.86. The molecule has 0 fully saturated rings. The molecule has 15 heavy (non-hydrogen) atoms. The highest BCUT2D eigenvalue weighted by Crippen LogP contribution is 2.27. The lowest BCUT2D eigenvalue weighted by Crippen LogP contribution is -2.45. The minimum Gasteiger partial charge on any atom is -0.379 e. The first-order chi connectivity index (χ1) is 6.73. The van der Waals surface area contributed by atoms with E-state index in [1.807, 2.05) is 0 Å². The third-order valence-corrected chi connectivity index (χ3v) is 2.93. The molecule has 1 N–H and O–H groups in total. The van der Waals surface area contributed by atoms with E-state index in [1.54, 1.807) is 7.11 Å². The summed E-state index contributed by atoms with van der Waals surface area (Å²) in [4.78, 5) is 0. The van der Waals surface area contributed by atoms with Crippen molar-refractivity contribution in [3.8, 4) is 0 Å². The minimum atomic E-state index is -0.0430. The van der Waals surface area contributed by atoms with Gasteiger partial charge in [0, 0.05) is 13.2 Å². The van der Waals surface area contributed by atoms with Crippen LogP contribution in [-0.4, -0.2) is 25.3 Å². The molecule has 0 aliphatic carbocycles. The number of methoxy groups -OCH3 is 1. The van der Waals surface area contributed by atoms with Crippen LogP contribution in [-0.2, 0) is 4.74 Å². The van der Waals surface area contributed by atoms with Crippen LogP contribution >= 0.6 is 0 Å². The molecule has 0 spiro atoms. The summed E-state index contributed by atoms with van der Waals surface area (Å²) < 4.78 is 5.50. The van der Waals surface area contributed by atoms with Gasteiger partial charge in [0.1, 0.15) is 0 Å². The third kappa shape index (κ3) is 6.16. The summed E-state index contributed by atoms with van der Waals surface area (Å²) in [5.74, 6) is 0. The molecule has 0 saturated heterocycles. The first-order valence-corrected chi connectivity index (χ1v) is 6.01. The van der Waals surface area contributed by atoms with E-state index in [2.05, 4.69) is 46.9 Å². The Balaban J connectivity index is 4.38. The highest BCUT2D eigenvalue weighted by atomic mass is 16.5. The largest absolute Gasteiger partial charge is 0.379 e. The lowest BCUT2D eigenvalue weighted by Gasteiger charge is -2.37. The van der Waals surface area contributed by atoms with Crippen LogP contribution in [0.2, 0.25) is 0 Å². The molecule has 0 aliphatic heterocycles. The van der Waals surface area contributed by atoms with Gasteiger partial charge in [-0.1, -0.05) is 27.7 Å². The molecule has 1 unspecified atom stereocenters. The molecule has 2 heteroatoms. The molecule has 0 rings (SSSR count). The smallest absolute Gasteiger partial charge is 0.0637 e. The van der Waals surface area contributed by atoms with Crippen LogP contribution in [0.15, 0.2) is 0 Å². The fourth-order valence-corrected chi connectivity index (χ4v) is 1.58. The van der Waals surface area contributed by atoms with E-state index in [4.69, 9.17) is 4.74 Å². The van der Waals surface area contributed by atoms with Crippen LogP contribution in [0.5, 0.6) is 0 Å². The first-order valence-electron chi connectivity index (χ1n) is 6.01. The Labute approximate surface area is 95.8 Å². The minimum absolute atomic E-state index is 0.0430. The van der Waals surface area contributed by atoms with Crippen molar-refractivity contribution in [2.24, 2.45) is 5.41 Å². The summed E-state index contributed by atoms with van der Waals surface area (Å²) in [6.45, 7) is 14.4. The van der Waals surface area contributed by atoms with Gasteiger partial charge in [-0.2, -0.15) is 0 Å². The number of ether oxygens (including phenoxy) is 1. The van der Waals surface area contributed by atoms with Gasteiger partial charge in [-0.3, -0.25) is 0 Å². The van der Waals surface area contributed by atoms with Gasteiger partial charge in [-0.05, 0) is 38.6 Å². The molecule has 0 radical (unpaired) electrons. The lowest BCUT2D eigenvalue weighted by atomic mass is 9.80. The Morgan fingerprint density at radius 1 is 1.13 bits per heavy atom. The average Bonchev–Trinajstić information content (AvgIpc) is 2.10. The zero-order valence-corrected chi connectivity index (χ0v) is 11.6. The predicted molar refractivity (Wildman–Crippen MR) is 67.2 cm³/mol. The Morgan fingerprint density at radius 3 is 2.00 bits per heavy atom. The molecular formula is C13H29NO. The zero-order valence-electron chi connectivity index (χ0n) is 11.6. The summed E-state index contributed by atoms with van der Waals surface area (Å²) in [6.07, 6.45) is 2.23. The molecule has 2 nitrogen and oxygen atoms in total. The molecule has 0 amide bonds. The molecule has 0 aromatic carbocycles. The Bertz CT molecular complexity index is 170. The van der Waals surface area contributed by atoms with Gasteiger partial charge in [-0.15, -0.1) is 0 Å². The van der Waals surface area contributed by atoms with E-state index in [1.165, 1.54) is 6.42 Å². The number of rotatable bonds is 6. The summed E-state index contributed by atoms with van der Waals surface area (Å²) in [6, 6.07) is 0.507. The maximum absolute atomic E-state index is 5.50. The monoisotopic (exact) mass is 215 g/mol. The Hall–Kier alpha value is -0.0800. The second-order valence-electron chi connectivity index (χ2n) is 6.04. The molecule has 0 aromatic rings. The van der Waals surface area contributed by atoms with Crippen molar-refractivity contribution in [1.29, 1.82) is 0 Å². The van der Waals surface area contributed by atoms with Gasteiger partial charge in [0.25, 0.3) is 0 Å². The summed E-state index contributed by atoms with van der Waals surface area (Å²) >= 11 is 0. The summed E-state index contributed by atoms with van der Waals surface area (Å²) in [7, 11) is 1.79. The van der Waals surface area contributed by atoms with Gasteiger partial charge in [-0.25, -0.2) is 0 Å². The van der Waals surface area contributed by atoms with Crippen molar-refractivity contribution >= 4 is 0 Å². The van der Waals surface area contributed by atoms with Crippen molar-refractivity contribution in [1.82, 2.24) is 5.32 Å². The average molecular weight is 215 g/mol. The molecule has 0 heterocycles. The van der Waals surface area contributed by atoms with Crippen molar-refractivity contribution in [3.05, 3.63) is 0 Å². The van der Waals surface area contributed by atoms with Crippen LogP contribution in [0.1, 0.15) is 54.4 Å². The van der Waals surface area contributed by atoms with Gasteiger partial charge in [0.05, 0.1) is 5.60 Å². The van der Waals surface area contributed by atoms with Gasteiger partial charge >= 0.3 is 0 Å². The molecule has 0 aliphatic rings. The number of nitrogens with one attached hydrogen (secondary N) is 1. The van der Waals surface area contributed by atoms with E-state index in [0.29, 0.717) is 6.04 Å². The quantitative estimate of drug-likeness (QED) is 0.734. The summed E-state index contributed by atoms with van der Waals surface area (Å²) in [5.41, 5.74) is 0.240. The topological polar surface area (TPSA) is 21.3 Å². The third-order valence-electron chi connectivity index (χ3n) is 2.93. The van der Waals surface area contributed by atoms with Crippen molar-refractivity contribution in [2.75, 3.05) is 13.7 Å². The molecule has 0 aromatic heterocycles. The maximum atomic E-state index is 5.50. The van der Waals surface area contributed by atoms with E-state index < -0.39 is 0 Å². The predicted octanol–water partition coefficient (Wildman–Crippen LogP) is 3.22. The number of hydrogen-bond donors (Lipinski definition) is 1.